The highest BCUT2D eigenvalue weighted by molar-refractivity contribution is 6.35. The number of hydrogen-bond acceptors (Lipinski definition) is 6. The van der Waals surface area contributed by atoms with E-state index in [1.807, 2.05) is 31.2 Å². The zero-order valence-corrected chi connectivity index (χ0v) is 16.8. The predicted molar refractivity (Wildman–Crippen MR) is 112 cm³/mol. The second kappa shape index (κ2) is 12.0. The smallest absolute Gasteiger partial charge is 0.329 e. The van der Waals surface area contributed by atoms with Gasteiger partial charge in [-0.2, -0.15) is 5.10 Å². The van der Waals surface area contributed by atoms with Gasteiger partial charge in [-0.1, -0.05) is 18.2 Å². The summed E-state index contributed by atoms with van der Waals surface area (Å²) in [6, 6.07) is 14.2. The highest BCUT2D eigenvalue weighted by atomic mass is 16.5. The van der Waals surface area contributed by atoms with Crippen molar-refractivity contribution in [3.8, 4) is 5.75 Å². The van der Waals surface area contributed by atoms with Gasteiger partial charge in [-0.05, 0) is 48.4 Å². The van der Waals surface area contributed by atoms with Gasteiger partial charge in [-0.25, -0.2) is 5.43 Å². The van der Waals surface area contributed by atoms with Crippen molar-refractivity contribution in [1.29, 1.82) is 0 Å². The molecule has 0 atom stereocenters. The lowest BCUT2D eigenvalue weighted by molar-refractivity contribution is -0.139. The number of anilines is 1. The molecule has 0 saturated carbocycles. The van der Waals surface area contributed by atoms with Gasteiger partial charge in [-0.15, -0.1) is 0 Å². The molecule has 158 valence electrons. The topological polar surface area (TPSA) is 118 Å². The van der Waals surface area contributed by atoms with Crippen molar-refractivity contribution in [3.05, 3.63) is 59.7 Å². The maximum absolute atomic E-state index is 12.0. The van der Waals surface area contributed by atoms with Gasteiger partial charge in [0, 0.05) is 19.3 Å². The minimum atomic E-state index is -0.873. The van der Waals surface area contributed by atoms with Crippen LogP contribution < -0.4 is 20.8 Å². The SMILES string of the molecule is COCCNC(=O)C(=O)N/N=C\c1ccc(OCC(=O)Nc2ccccc2C)cc1. The number of ether oxygens (including phenoxy) is 2. The van der Waals surface area contributed by atoms with Crippen molar-refractivity contribution in [2.24, 2.45) is 5.10 Å². The third kappa shape index (κ3) is 7.72. The van der Waals surface area contributed by atoms with Gasteiger partial charge in [0.2, 0.25) is 0 Å². The summed E-state index contributed by atoms with van der Waals surface area (Å²) in [6.45, 7) is 2.32. The van der Waals surface area contributed by atoms with Gasteiger partial charge >= 0.3 is 11.8 Å². The lowest BCUT2D eigenvalue weighted by atomic mass is 10.2. The minimum absolute atomic E-state index is 0.129. The number of carbonyl (C=O) groups excluding carboxylic acids is 3. The largest absolute Gasteiger partial charge is 0.484 e. The summed E-state index contributed by atoms with van der Waals surface area (Å²) in [5.74, 6) is -1.42. The standard InChI is InChI=1S/C21H24N4O5/c1-15-5-3-4-6-18(15)24-19(26)14-30-17-9-7-16(8-10-17)13-23-25-21(28)20(27)22-11-12-29-2/h3-10,13H,11-12,14H2,1-2H3,(H,22,27)(H,24,26)(H,25,28)/b23-13-. The maximum Gasteiger partial charge on any atom is 0.329 e. The number of hydrazone groups is 1. The summed E-state index contributed by atoms with van der Waals surface area (Å²) in [5.41, 5.74) is 4.52. The van der Waals surface area contributed by atoms with Gasteiger partial charge in [0.15, 0.2) is 6.61 Å². The van der Waals surface area contributed by atoms with Gasteiger partial charge in [0.25, 0.3) is 5.91 Å². The first-order valence-electron chi connectivity index (χ1n) is 9.18. The number of rotatable bonds is 9. The normalized spacial score (nSPS) is 10.5. The van der Waals surface area contributed by atoms with E-state index in [1.54, 1.807) is 24.3 Å². The number of amides is 3. The van der Waals surface area contributed by atoms with E-state index in [4.69, 9.17) is 9.47 Å². The molecule has 0 radical (unpaired) electrons. The Hall–Kier alpha value is -3.72. The number of benzene rings is 2. The Bertz CT molecular complexity index is 897. The Morgan fingerprint density at radius 2 is 1.77 bits per heavy atom. The molecule has 0 aliphatic heterocycles. The molecule has 0 aromatic heterocycles. The van der Waals surface area contributed by atoms with Crippen molar-refractivity contribution in [1.82, 2.24) is 10.7 Å². The van der Waals surface area contributed by atoms with Crippen LogP contribution in [0.25, 0.3) is 0 Å². The fourth-order valence-corrected chi connectivity index (χ4v) is 2.26. The second-order valence-corrected chi connectivity index (χ2v) is 6.17. The molecule has 0 aliphatic rings. The van der Waals surface area contributed by atoms with E-state index >= 15 is 0 Å². The molecule has 2 aromatic rings. The molecule has 0 unspecified atom stereocenters. The molecule has 0 spiro atoms. The van der Waals surface area contributed by atoms with Crippen molar-refractivity contribution < 1.29 is 23.9 Å². The van der Waals surface area contributed by atoms with E-state index in [1.165, 1.54) is 13.3 Å². The zero-order valence-electron chi connectivity index (χ0n) is 16.8. The minimum Gasteiger partial charge on any atom is -0.484 e. The molecular weight excluding hydrogens is 388 g/mol. The molecule has 2 rings (SSSR count). The van der Waals surface area contributed by atoms with E-state index in [0.29, 0.717) is 17.9 Å². The Balaban J connectivity index is 1.76. The molecule has 0 bridgehead atoms. The Labute approximate surface area is 174 Å². The van der Waals surface area contributed by atoms with E-state index in [9.17, 15) is 14.4 Å². The molecule has 3 N–H and O–H groups in total. The molecular formula is C21H24N4O5. The van der Waals surface area contributed by atoms with Crippen LogP contribution in [0, 0.1) is 6.92 Å². The molecule has 9 heteroatoms. The van der Waals surface area contributed by atoms with Gasteiger partial charge in [0.05, 0.1) is 12.8 Å². The summed E-state index contributed by atoms with van der Waals surface area (Å²) in [6.07, 6.45) is 1.38. The Morgan fingerprint density at radius 3 is 2.47 bits per heavy atom. The fraction of sp³-hybridized carbons (Fsp3) is 0.238. The molecule has 0 saturated heterocycles. The number of methoxy groups -OCH3 is 1. The van der Waals surface area contributed by atoms with Crippen molar-refractivity contribution in [3.63, 3.8) is 0 Å². The van der Waals surface area contributed by atoms with E-state index in [-0.39, 0.29) is 19.1 Å². The molecule has 2 aromatic carbocycles. The van der Waals surface area contributed by atoms with Gasteiger partial charge in [0.1, 0.15) is 5.75 Å². The summed E-state index contributed by atoms with van der Waals surface area (Å²) in [7, 11) is 1.49. The number of hydrogen-bond donors (Lipinski definition) is 3. The highest BCUT2D eigenvalue weighted by Crippen LogP contribution is 2.14. The van der Waals surface area contributed by atoms with E-state index in [0.717, 1.165) is 11.3 Å². The first-order chi connectivity index (χ1) is 14.5. The molecule has 30 heavy (non-hydrogen) atoms. The Morgan fingerprint density at radius 1 is 1.03 bits per heavy atom. The van der Waals surface area contributed by atoms with E-state index < -0.39 is 11.8 Å². The molecule has 0 aliphatic carbocycles. The van der Waals surface area contributed by atoms with Gasteiger partial charge < -0.3 is 20.1 Å². The van der Waals surface area contributed by atoms with Crippen LogP contribution in [0.3, 0.4) is 0 Å². The predicted octanol–water partition coefficient (Wildman–Crippen LogP) is 1.23. The maximum atomic E-state index is 12.0. The van der Waals surface area contributed by atoms with Crippen LogP contribution in [0.15, 0.2) is 53.6 Å². The molecule has 3 amide bonds. The fourth-order valence-electron chi connectivity index (χ4n) is 2.26. The monoisotopic (exact) mass is 412 g/mol. The lowest BCUT2D eigenvalue weighted by Gasteiger charge is -2.09. The van der Waals surface area contributed by atoms with Crippen LogP contribution in [0.2, 0.25) is 0 Å². The first kappa shape index (κ1) is 22.6. The average Bonchev–Trinajstić information content (AvgIpc) is 2.75. The first-order valence-corrected chi connectivity index (χ1v) is 9.18. The highest BCUT2D eigenvalue weighted by Gasteiger charge is 2.11. The van der Waals surface area contributed by atoms with Gasteiger partial charge in [-0.3, -0.25) is 14.4 Å². The number of para-hydroxylation sites is 1. The summed E-state index contributed by atoms with van der Waals surface area (Å²) in [4.78, 5) is 35.0. The van der Waals surface area contributed by atoms with Crippen LogP contribution in [0.1, 0.15) is 11.1 Å². The molecule has 0 heterocycles. The number of aryl methyl sites for hydroxylation is 1. The van der Waals surface area contributed by atoms with E-state index in [2.05, 4.69) is 21.2 Å². The van der Waals surface area contributed by atoms with Crippen LogP contribution in [0.5, 0.6) is 5.75 Å². The zero-order chi connectivity index (χ0) is 21.8. The quantitative estimate of drug-likeness (QED) is 0.248. The number of carbonyl (C=O) groups is 3. The third-order valence-corrected chi connectivity index (χ3v) is 3.85. The summed E-state index contributed by atoms with van der Waals surface area (Å²) >= 11 is 0. The Kier molecular flexibility index (Phi) is 9.01. The van der Waals surface area contributed by atoms with Crippen LogP contribution in [-0.4, -0.2) is 50.8 Å². The average molecular weight is 412 g/mol. The second-order valence-electron chi connectivity index (χ2n) is 6.17. The van der Waals surface area contributed by atoms with Crippen molar-refractivity contribution in [2.75, 3.05) is 32.2 Å². The number of nitrogens with zero attached hydrogens (tertiary/aromatic N) is 1. The molecule has 9 nitrogen and oxygen atoms in total. The van der Waals surface area contributed by atoms with Crippen molar-refractivity contribution >= 4 is 29.6 Å². The summed E-state index contributed by atoms with van der Waals surface area (Å²) in [5, 5.41) is 8.90. The summed E-state index contributed by atoms with van der Waals surface area (Å²) < 4.78 is 10.2. The number of nitrogens with one attached hydrogen (secondary N) is 3. The lowest BCUT2D eigenvalue weighted by Crippen LogP contribution is -2.39. The van der Waals surface area contributed by atoms with Crippen LogP contribution in [-0.2, 0) is 19.1 Å². The van der Waals surface area contributed by atoms with Crippen LogP contribution in [0.4, 0.5) is 5.69 Å². The van der Waals surface area contributed by atoms with Crippen LogP contribution >= 0.6 is 0 Å². The molecule has 0 fully saturated rings. The third-order valence-electron chi connectivity index (χ3n) is 3.85. The van der Waals surface area contributed by atoms with Crippen molar-refractivity contribution in [2.45, 2.75) is 6.92 Å².